The molecule has 39 heavy (non-hydrogen) atoms. The van der Waals surface area contributed by atoms with Crippen LogP contribution >= 0.6 is 11.3 Å². The molecule has 0 aliphatic carbocycles. The lowest BCUT2D eigenvalue weighted by atomic mass is 9.86. The highest BCUT2D eigenvalue weighted by atomic mass is 32.1. The number of nitrogens with one attached hydrogen (secondary N) is 1. The Labute approximate surface area is 233 Å². The summed E-state index contributed by atoms with van der Waals surface area (Å²) in [5, 5.41) is 3.15. The fraction of sp³-hybridized carbons (Fsp3) is 0.517. The molecule has 10 heteroatoms. The summed E-state index contributed by atoms with van der Waals surface area (Å²) in [6, 6.07) is 10.6. The molecule has 0 radical (unpaired) electrons. The molecule has 210 valence electrons. The van der Waals surface area contributed by atoms with Crippen LogP contribution in [0.4, 0.5) is 4.79 Å². The Balaban J connectivity index is 1.44. The zero-order chi connectivity index (χ0) is 28.5. The number of nitrogens with two attached hydrogens (primary N) is 1. The van der Waals surface area contributed by atoms with E-state index in [4.69, 9.17) is 10.5 Å². The molecule has 4 atom stereocenters. The first kappa shape index (κ1) is 28.8. The normalized spacial score (nSPS) is 20.6. The number of thiophene rings is 1. The number of ketones is 1. The molecule has 3 N–H and O–H groups in total. The van der Waals surface area contributed by atoms with Gasteiger partial charge in [-0.15, -0.1) is 0 Å². The van der Waals surface area contributed by atoms with Crippen LogP contribution in [0.25, 0.3) is 10.4 Å². The average molecular weight is 555 g/mol. The Kier molecular flexibility index (Phi) is 8.46. The first-order chi connectivity index (χ1) is 18.4. The highest BCUT2D eigenvalue weighted by Crippen LogP contribution is 2.34. The molecule has 0 saturated carbocycles. The standard InChI is InChI=1S/C29H38N4O5S/c1-17(2)15-19(31-28(37)38-23-12-11-22(39-23)18-9-7-6-8-10-18)26(35)32-14-13-20-24(32)21(34)16-33(20)27(36)25(30)29(3,4)5/h6-12,17,19-20,24-25H,13-16,30H2,1-5H3,(H,31,37). The van der Waals surface area contributed by atoms with Crippen LogP contribution in [0.15, 0.2) is 42.5 Å². The van der Waals surface area contributed by atoms with Crippen LogP contribution in [0.1, 0.15) is 47.5 Å². The molecule has 1 aromatic heterocycles. The maximum atomic E-state index is 13.7. The van der Waals surface area contributed by atoms with Gasteiger partial charge in [0.05, 0.1) is 18.6 Å². The van der Waals surface area contributed by atoms with Crippen molar-refractivity contribution in [3.8, 4) is 15.5 Å². The number of rotatable bonds is 7. The number of benzene rings is 1. The number of nitrogens with zero attached hydrogens (tertiary/aromatic N) is 2. The lowest BCUT2D eigenvalue weighted by Crippen LogP contribution is -2.54. The van der Waals surface area contributed by atoms with Gasteiger partial charge in [0.1, 0.15) is 12.1 Å². The fourth-order valence-corrected chi connectivity index (χ4v) is 6.06. The molecule has 2 aliphatic rings. The van der Waals surface area contributed by atoms with Gasteiger partial charge in [-0.05, 0) is 41.9 Å². The molecule has 3 amide bonds. The van der Waals surface area contributed by atoms with E-state index in [2.05, 4.69) is 5.32 Å². The first-order valence-electron chi connectivity index (χ1n) is 13.4. The number of hydrogen-bond acceptors (Lipinski definition) is 7. The molecule has 0 bridgehead atoms. The van der Waals surface area contributed by atoms with E-state index in [9.17, 15) is 19.2 Å². The van der Waals surface area contributed by atoms with Crippen LogP contribution in [0, 0.1) is 11.3 Å². The van der Waals surface area contributed by atoms with Gasteiger partial charge in [-0.2, -0.15) is 0 Å². The van der Waals surface area contributed by atoms with Crippen molar-refractivity contribution in [2.75, 3.05) is 13.1 Å². The lowest BCUT2D eigenvalue weighted by Gasteiger charge is -2.32. The van der Waals surface area contributed by atoms with Crippen molar-refractivity contribution in [3.05, 3.63) is 42.5 Å². The molecular formula is C29H38N4O5S. The zero-order valence-corrected chi connectivity index (χ0v) is 24.0. The highest BCUT2D eigenvalue weighted by molar-refractivity contribution is 7.17. The molecule has 0 spiro atoms. The Morgan fingerprint density at radius 2 is 1.77 bits per heavy atom. The second-order valence-electron chi connectivity index (χ2n) is 11.8. The molecule has 9 nitrogen and oxygen atoms in total. The van der Waals surface area contributed by atoms with Crippen LogP contribution in [0.5, 0.6) is 5.06 Å². The number of amides is 3. The van der Waals surface area contributed by atoms with Crippen molar-refractivity contribution in [2.45, 2.75) is 71.6 Å². The quantitative estimate of drug-likeness (QED) is 0.539. The molecule has 2 aromatic rings. The molecule has 2 aliphatic heterocycles. The molecule has 4 rings (SSSR count). The van der Waals surface area contributed by atoms with Crippen molar-refractivity contribution >= 4 is 35.0 Å². The number of ether oxygens (including phenoxy) is 1. The monoisotopic (exact) mass is 554 g/mol. The highest BCUT2D eigenvalue weighted by Gasteiger charge is 2.53. The molecule has 3 heterocycles. The van der Waals surface area contributed by atoms with E-state index in [1.165, 1.54) is 21.1 Å². The Morgan fingerprint density at radius 1 is 1.08 bits per heavy atom. The van der Waals surface area contributed by atoms with Gasteiger partial charge in [0.15, 0.2) is 10.8 Å². The van der Waals surface area contributed by atoms with E-state index in [0.717, 1.165) is 10.4 Å². The summed E-state index contributed by atoms with van der Waals surface area (Å²) in [5.74, 6) is -0.694. The maximum Gasteiger partial charge on any atom is 0.414 e. The summed E-state index contributed by atoms with van der Waals surface area (Å²) in [6.07, 6.45) is 0.144. The molecule has 1 aromatic carbocycles. The lowest BCUT2D eigenvalue weighted by molar-refractivity contribution is -0.138. The van der Waals surface area contributed by atoms with Gasteiger partial charge in [-0.3, -0.25) is 14.4 Å². The van der Waals surface area contributed by atoms with E-state index in [0.29, 0.717) is 24.4 Å². The summed E-state index contributed by atoms with van der Waals surface area (Å²) < 4.78 is 5.52. The summed E-state index contributed by atoms with van der Waals surface area (Å²) in [7, 11) is 0. The van der Waals surface area contributed by atoms with Gasteiger partial charge < -0.3 is 25.6 Å². The maximum absolute atomic E-state index is 13.7. The minimum absolute atomic E-state index is 0.0613. The SMILES string of the molecule is CC(C)CC(NC(=O)Oc1ccc(-c2ccccc2)s1)C(=O)N1CCC2C1C(=O)CN2C(=O)C(N)C(C)(C)C. The predicted octanol–water partition coefficient (Wildman–Crippen LogP) is 3.67. The van der Waals surface area contributed by atoms with Gasteiger partial charge >= 0.3 is 6.09 Å². The molecule has 2 saturated heterocycles. The zero-order valence-electron chi connectivity index (χ0n) is 23.2. The minimum Gasteiger partial charge on any atom is -0.399 e. The third-order valence-electron chi connectivity index (χ3n) is 7.32. The summed E-state index contributed by atoms with van der Waals surface area (Å²) in [5.41, 5.74) is 6.77. The molecular weight excluding hydrogens is 516 g/mol. The average Bonchev–Trinajstić information content (AvgIpc) is 3.59. The van der Waals surface area contributed by atoms with Crippen molar-refractivity contribution in [3.63, 3.8) is 0 Å². The van der Waals surface area contributed by atoms with Crippen LogP contribution in [-0.4, -0.2) is 70.7 Å². The van der Waals surface area contributed by atoms with Gasteiger partial charge in [-0.25, -0.2) is 4.79 Å². The third kappa shape index (κ3) is 6.33. The first-order valence-corrected chi connectivity index (χ1v) is 14.2. The molecule has 4 unspecified atom stereocenters. The van der Waals surface area contributed by atoms with Gasteiger partial charge in [0.25, 0.3) is 0 Å². The van der Waals surface area contributed by atoms with Crippen LogP contribution in [0.3, 0.4) is 0 Å². The van der Waals surface area contributed by atoms with E-state index in [-0.39, 0.29) is 30.1 Å². The smallest absolute Gasteiger partial charge is 0.399 e. The summed E-state index contributed by atoms with van der Waals surface area (Å²) in [6.45, 7) is 9.83. The fourth-order valence-electron chi connectivity index (χ4n) is 5.20. The summed E-state index contributed by atoms with van der Waals surface area (Å²) in [4.78, 5) is 56.7. The summed E-state index contributed by atoms with van der Waals surface area (Å²) >= 11 is 1.34. The number of likely N-dealkylation sites (tertiary alicyclic amines) is 2. The Bertz CT molecular complexity index is 1220. The van der Waals surface area contributed by atoms with Crippen molar-refractivity contribution in [1.82, 2.24) is 15.1 Å². The van der Waals surface area contributed by atoms with E-state index >= 15 is 0 Å². The van der Waals surface area contributed by atoms with Crippen LogP contribution in [-0.2, 0) is 14.4 Å². The number of hydrogen-bond donors (Lipinski definition) is 2. The van der Waals surface area contributed by atoms with E-state index in [1.807, 2.05) is 71.0 Å². The van der Waals surface area contributed by atoms with Crippen molar-refractivity contribution in [1.29, 1.82) is 0 Å². The van der Waals surface area contributed by atoms with E-state index in [1.54, 1.807) is 6.07 Å². The van der Waals surface area contributed by atoms with Gasteiger partial charge in [0.2, 0.25) is 11.8 Å². The van der Waals surface area contributed by atoms with Crippen molar-refractivity contribution < 1.29 is 23.9 Å². The number of fused-ring (bicyclic) bond motifs is 1. The number of carbonyl (C=O) groups is 4. The number of carbonyl (C=O) groups excluding carboxylic acids is 4. The predicted molar refractivity (Wildman–Crippen MR) is 150 cm³/mol. The Hall–Kier alpha value is -3.24. The Morgan fingerprint density at radius 3 is 2.41 bits per heavy atom. The second kappa shape index (κ2) is 11.5. The van der Waals surface area contributed by atoms with Crippen LogP contribution < -0.4 is 15.8 Å². The largest absolute Gasteiger partial charge is 0.414 e. The second-order valence-corrected chi connectivity index (χ2v) is 12.9. The molecule has 2 fully saturated rings. The van der Waals surface area contributed by atoms with Gasteiger partial charge in [-0.1, -0.05) is 76.3 Å². The topological polar surface area (TPSA) is 122 Å². The third-order valence-corrected chi connectivity index (χ3v) is 8.33. The van der Waals surface area contributed by atoms with Crippen molar-refractivity contribution in [2.24, 2.45) is 17.1 Å². The van der Waals surface area contributed by atoms with Crippen LogP contribution in [0.2, 0.25) is 0 Å². The van der Waals surface area contributed by atoms with E-state index < -0.39 is 35.7 Å². The number of Topliss-reactive ketones (excluding diaryl/α,β-unsaturated/α-hetero) is 1. The van der Waals surface area contributed by atoms with Gasteiger partial charge in [0, 0.05) is 11.4 Å². The minimum atomic E-state index is -0.862.